The molecule has 1 aromatic carbocycles. The molecule has 2 aromatic rings. The lowest BCUT2D eigenvalue weighted by molar-refractivity contribution is -0.385. The number of benzene rings is 1. The molecule has 0 aliphatic carbocycles. The second kappa shape index (κ2) is 6.70. The van der Waals surface area contributed by atoms with E-state index < -0.39 is 10.8 Å². The summed E-state index contributed by atoms with van der Waals surface area (Å²) in [5.41, 5.74) is 7.30. The van der Waals surface area contributed by atoms with Gasteiger partial charge in [-0.2, -0.15) is 0 Å². The largest absolute Gasteiger partial charge is 0.366 e. The minimum Gasteiger partial charge on any atom is -0.366 e. The summed E-state index contributed by atoms with van der Waals surface area (Å²) in [6.45, 7) is 3.50. The van der Waals surface area contributed by atoms with Crippen LogP contribution in [0.1, 0.15) is 45.7 Å². The first-order chi connectivity index (χ1) is 11.5. The minimum absolute atomic E-state index is 0.0442. The van der Waals surface area contributed by atoms with Crippen LogP contribution in [0.4, 0.5) is 5.69 Å². The van der Waals surface area contributed by atoms with Crippen LogP contribution in [0.2, 0.25) is 0 Å². The molecule has 0 bridgehead atoms. The van der Waals surface area contributed by atoms with Gasteiger partial charge in [0.25, 0.3) is 5.69 Å². The number of hydrogen-bond acceptors (Lipinski definition) is 5. The highest BCUT2D eigenvalue weighted by Gasteiger charge is 2.28. The average molecular weight is 345 g/mol. The number of nitrogens with zero attached hydrogens (tertiary/aromatic N) is 2. The zero-order valence-corrected chi connectivity index (χ0v) is 14.2. The van der Waals surface area contributed by atoms with Crippen molar-refractivity contribution in [2.75, 3.05) is 6.54 Å². The van der Waals surface area contributed by atoms with Crippen molar-refractivity contribution in [1.82, 2.24) is 4.90 Å². The molecule has 1 aliphatic heterocycles. The fraction of sp³-hybridized carbons (Fsp3) is 0.353. The molecule has 126 valence electrons. The predicted molar refractivity (Wildman–Crippen MR) is 93.1 cm³/mol. The van der Waals surface area contributed by atoms with Crippen LogP contribution in [-0.4, -0.2) is 22.3 Å². The van der Waals surface area contributed by atoms with Gasteiger partial charge in [-0.3, -0.25) is 19.8 Å². The van der Waals surface area contributed by atoms with Crippen molar-refractivity contribution in [2.24, 2.45) is 5.73 Å². The Bertz CT molecular complexity index is 787. The number of nitro groups is 1. The van der Waals surface area contributed by atoms with E-state index >= 15 is 0 Å². The summed E-state index contributed by atoms with van der Waals surface area (Å²) in [5.74, 6) is -0.656. The Morgan fingerprint density at radius 3 is 2.92 bits per heavy atom. The van der Waals surface area contributed by atoms with Crippen LogP contribution in [0, 0.1) is 10.1 Å². The number of carbonyl (C=O) groups excluding carboxylic acids is 1. The van der Waals surface area contributed by atoms with Crippen molar-refractivity contribution in [1.29, 1.82) is 0 Å². The lowest BCUT2D eigenvalue weighted by Gasteiger charge is -2.35. The highest BCUT2D eigenvalue weighted by molar-refractivity contribution is 7.10. The topological polar surface area (TPSA) is 89.5 Å². The highest BCUT2D eigenvalue weighted by Crippen LogP contribution is 2.36. The van der Waals surface area contributed by atoms with Gasteiger partial charge in [0.15, 0.2) is 0 Å². The van der Waals surface area contributed by atoms with Crippen LogP contribution in [0.5, 0.6) is 0 Å². The number of amides is 1. The monoisotopic (exact) mass is 345 g/mol. The summed E-state index contributed by atoms with van der Waals surface area (Å²) in [4.78, 5) is 25.9. The molecule has 24 heavy (non-hydrogen) atoms. The molecule has 1 aromatic heterocycles. The summed E-state index contributed by atoms with van der Waals surface area (Å²) in [6.07, 6.45) is 1.92. The third-order valence-electron chi connectivity index (χ3n) is 4.53. The average Bonchev–Trinajstić information content (AvgIpc) is 3.03. The van der Waals surface area contributed by atoms with Crippen LogP contribution in [0.3, 0.4) is 0 Å². The van der Waals surface area contributed by atoms with Gasteiger partial charge in [-0.05, 0) is 35.9 Å². The molecule has 6 nitrogen and oxygen atoms in total. The number of primary amides is 1. The molecule has 0 radical (unpaired) electrons. The maximum absolute atomic E-state index is 11.4. The Labute approximate surface area is 144 Å². The second-order valence-electron chi connectivity index (χ2n) is 5.91. The molecular formula is C17H19N3O3S. The molecule has 1 amide bonds. The fourth-order valence-electron chi connectivity index (χ4n) is 3.36. The van der Waals surface area contributed by atoms with Gasteiger partial charge in [-0.15, -0.1) is 11.3 Å². The van der Waals surface area contributed by atoms with Crippen molar-refractivity contribution in [3.63, 3.8) is 0 Å². The molecule has 7 heteroatoms. The van der Waals surface area contributed by atoms with Gasteiger partial charge in [0.2, 0.25) is 5.91 Å². The molecular weight excluding hydrogens is 326 g/mol. The van der Waals surface area contributed by atoms with Crippen molar-refractivity contribution in [3.8, 4) is 0 Å². The molecule has 0 saturated carbocycles. The van der Waals surface area contributed by atoms with Crippen molar-refractivity contribution >= 4 is 22.9 Å². The van der Waals surface area contributed by atoms with Crippen LogP contribution < -0.4 is 5.73 Å². The van der Waals surface area contributed by atoms with E-state index in [9.17, 15) is 14.9 Å². The van der Waals surface area contributed by atoms with Gasteiger partial charge in [0, 0.05) is 41.2 Å². The zero-order valence-electron chi connectivity index (χ0n) is 13.4. The van der Waals surface area contributed by atoms with Crippen molar-refractivity contribution in [3.05, 3.63) is 61.3 Å². The van der Waals surface area contributed by atoms with Gasteiger partial charge in [0.05, 0.1) is 4.92 Å². The first-order valence-electron chi connectivity index (χ1n) is 7.88. The Kier molecular flexibility index (Phi) is 4.64. The van der Waals surface area contributed by atoms with Crippen LogP contribution in [-0.2, 0) is 13.0 Å². The summed E-state index contributed by atoms with van der Waals surface area (Å²) >= 11 is 1.78. The minimum atomic E-state index is -0.656. The van der Waals surface area contributed by atoms with Gasteiger partial charge in [-0.1, -0.05) is 13.0 Å². The summed E-state index contributed by atoms with van der Waals surface area (Å²) in [5, 5.41) is 13.5. The Morgan fingerprint density at radius 1 is 1.46 bits per heavy atom. The SMILES string of the molecule is CCC1c2ccsc2CCN1Cc1ccc(C(N)=O)cc1[N+](=O)[O-]. The molecule has 1 atom stereocenters. The van der Waals surface area contributed by atoms with Crippen molar-refractivity contribution in [2.45, 2.75) is 32.4 Å². The summed E-state index contributed by atoms with van der Waals surface area (Å²) in [6, 6.07) is 6.92. The van der Waals surface area contributed by atoms with E-state index in [2.05, 4.69) is 23.3 Å². The van der Waals surface area contributed by atoms with E-state index in [-0.39, 0.29) is 17.3 Å². The Morgan fingerprint density at radius 2 is 2.25 bits per heavy atom. The number of carbonyl (C=O) groups is 1. The third kappa shape index (κ3) is 3.05. The standard InChI is InChI=1S/C17H19N3O3S/c1-2-14-13-6-8-24-16(13)5-7-19(14)10-12-4-3-11(17(18)21)9-15(12)20(22)23/h3-4,6,8-9,14H,2,5,7,10H2,1H3,(H2,18,21). The normalized spacial score (nSPS) is 17.5. The number of nitro benzene ring substituents is 1. The smallest absolute Gasteiger partial charge is 0.274 e. The summed E-state index contributed by atoms with van der Waals surface area (Å²) in [7, 11) is 0. The number of thiophene rings is 1. The molecule has 1 unspecified atom stereocenters. The Hall–Kier alpha value is -2.25. The molecule has 2 heterocycles. The molecule has 2 N–H and O–H groups in total. The first-order valence-corrected chi connectivity index (χ1v) is 8.76. The van der Waals surface area contributed by atoms with Crippen molar-refractivity contribution < 1.29 is 9.72 Å². The number of rotatable bonds is 5. The number of nitrogens with two attached hydrogens (primary N) is 1. The second-order valence-corrected chi connectivity index (χ2v) is 6.91. The van der Waals surface area contributed by atoms with Crippen LogP contribution in [0.25, 0.3) is 0 Å². The van der Waals surface area contributed by atoms with Gasteiger partial charge in [-0.25, -0.2) is 0 Å². The quantitative estimate of drug-likeness (QED) is 0.665. The van der Waals surface area contributed by atoms with E-state index in [1.165, 1.54) is 16.5 Å². The maximum atomic E-state index is 11.4. The fourth-order valence-corrected chi connectivity index (χ4v) is 4.28. The first kappa shape index (κ1) is 16.6. The van der Waals surface area contributed by atoms with E-state index in [4.69, 9.17) is 5.73 Å². The van der Waals surface area contributed by atoms with Crippen LogP contribution >= 0.6 is 11.3 Å². The van der Waals surface area contributed by atoms with E-state index in [1.807, 2.05) is 0 Å². The van der Waals surface area contributed by atoms with Gasteiger partial charge in [0.1, 0.15) is 0 Å². The molecule has 0 saturated heterocycles. The third-order valence-corrected chi connectivity index (χ3v) is 5.53. The molecule has 3 rings (SSSR count). The Balaban J connectivity index is 1.91. The zero-order chi connectivity index (χ0) is 17.3. The molecule has 0 fully saturated rings. The molecule has 0 spiro atoms. The highest BCUT2D eigenvalue weighted by atomic mass is 32.1. The number of fused-ring (bicyclic) bond motifs is 1. The predicted octanol–water partition coefficient (Wildman–Crippen LogP) is 3.26. The van der Waals surface area contributed by atoms with E-state index in [1.54, 1.807) is 23.5 Å². The molecule has 1 aliphatic rings. The van der Waals surface area contributed by atoms with E-state index in [0.29, 0.717) is 12.1 Å². The summed E-state index contributed by atoms with van der Waals surface area (Å²) < 4.78 is 0. The maximum Gasteiger partial charge on any atom is 0.274 e. The number of hydrogen-bond donors (Lipinski definition) is 1. The lowest BCUT2D eigenvalue weighted by Crippen LogP contribution is -2.34. The van der Waals surface area contributed by atoms with E-state index in [0.717, 1.165) is 19.4 Å². The van der Waals surface area contributed by atoms with Gasteiger partial charge >= 0.3 is 0 Å². The lowest BCUT2D eigenvalue weighted by atomic mass is 9.96. The van der Waals surface area contributed by atoms with Crippen LogP contribution in [0.15, 0.2) is 29.6 Å². The van der Waals surface area contributed by atoms with Gasteiger partial charge < -0.3 is 5.73 Å².